The van der Waals surface area contributed by atoms with Crippen LogP contribution in [0, 0.1) is 6.92 Å². The number of rotatable bonds is 6. The summed E-state index contributed by atoms with van der Waals surface area (Å²) in [6.45, 7) is 5.86. The van der Waals surface area contributed by atoms with Crippen LogP contribution in [-0.4, -0.2) is 29.5 Å². The van der Waals surface area contributed by atoms with Crippen molar-refractivity contribution in [3.8, 4) is 0 Å². The van der Waals surface area contributed by atoms with Crippen molar-refractivity contribution in [3.05, 3.63) is 29.8 Å². The zero-order valence-electron chi connectivity index (χ0n) is 11.4. The van der Waals surface area contributed by atoms with Crippen LogP contribution in [0.15, 0.2) is 24.3 Å². The molecule has 0 aliphatic heterocycles. The lowest BCUT2D eigenvalue weighted by atomic mass is 10.2. The van der Waals surface area contributed by atoms with E-state index in [-0.39, 0.29) is 22.9 Å². The highest BCUT2D eigenvalue weighted by molar-refractivity contribution is 8.01. The summed E-state index contributed by atoms with van der Waals surface area (Å²) in [7, 11) is 0. The second kappa shape index (κ2) is 7.84. The number of amides is 1. The number of hydrogen-bond acceptors (Lipinski definition) is 4. The lowest BCUT2D eigenvalue weighted by molar-refractivity contribution is -0.139. The number of nitrogens with one attached hydrogen (secondary N) is 1. The van der Waals surface area contributed by atoms with Crippen LogP contribution in [0.5, 0.6) is 0 Å². The number of benzene rings is 1. The molecule has 0 unspecified atom stereocenters. The average molecular weight is 281 g/mol. The van der Waals surface area contributed by atoms with Crippen molar-refractivity contribution >= 4 is 29.3 Å². The fourth-order valence-corrected chi connectivity index (χ4v) is 2.12. The smallest absolute Gasteiger partial charge is 0.315 e. The second-order valence-electron chi connectivity index (χ2n) is 4.12. The molecule has 0 radical (unpaired) electrons. The van der Waals surface area contributed by atoms with Gasteiger partial charge in [0, 0.05) is 5.69 Å². The third-order valence-electron chi connectivity index (χ3n) is 2.41. The van der Waals surface area contributed by atoms with Crippen LogP contribution in [-0.2, 0) is 14.3 Å². The Kier molecular flexibility index (Phi) is 6.42. The molecule has 4 nitrogen and oxygen atoms in total. The minimum Gasteiger partial charge on any atom is -0.465 e. The van der Waals surface area contributed by atoms with Crippen molar-refractivity contribution in [1.82, 2.24) is 0 Å². The second-order valence-corrected chi connectivity index (χ2v) is 5.45. The summed E-state index contributed by atoms with van der Waals surface area (Å²) in [5.41, 5.74) is 1.86. The Labute approximate surface area is 117 Å². The molecule has 1 rings (SSSR count). The molecular formula is C14H19NO3S. The first-order chi connectivity index (χ1) is 9.02. The molecule has 1 N–H and O–H groups in total. The Morgan fingerprint density at radius 3 is 2.79 bits per heavy atom. The summed E-state index contributed by atoms with van der Waals surface area (Å²) in [5.74, 6) is -0.210. The summed E-state index contributed by atoms with van der Waals surface area (Å²) in [4.78, 5) is 23.1. The Morgan fingerprint density at radius 1 is 1.42 bits per heavy atom. The molecule has 0 fully saturated rings. The maximum absolute atomic E-state index is 11.9. The van der Waals surface area contributed by atoms with Gasteiger partial charge in [0.1, 0.15) is 0 Å². The lowest BCUT2D eigenvalue weighted by Crippen LogP contribution is -2.24. The van der Waals surface area contributed by atoms with E-state index in [1.54, 1.807) is 13.8 Å². The molecule has 19 heavy (non-hydrogen) atoms. The minimum atomic E-state index is -0.301. The normalized spacial score (nSPS) is 11.7. The van der Waals surface area contributed by atoms with Crippen LogP contribution in [0.3, 0.4) is 0 Å². The van der Waals surface area contributed by atoms with Crippen LogP contribution < -0.4 is 5.32 Å². The monoisotopic (exact) mass is 281 g/mol. The quantitative estimate of drug-likeness (QED) is 0.814. The summed E-state index contributed by atoms with van der Waals surface area (Å²) >= 11 is 1.27. The largest absolute Gasteiger partial charge is 0.465 e. The molecule has 1 atom stereocenters. The number of thioether (sulfide) groups is 1. The van der Waals surface area contributed by atoms with Crippen LogP contribution in [0.2, 0.25) is 0 Å². The number of ether oxygens (including phenoxy) is 1. The van der Waals surface area contributed by atoms with Gasteiger partial charge in [-0.05, 0) is 38.5 Å². The number of carbonyl (C=O) groups excluding carboxylic acids is 2. The maximum atomic E-state index is 11.9. The third kappa shape index (κ3) is 5.79. The van der Waals surface area contributed by atoms with Gasteiger partial charge < -0.3 is 10.1 Å². The fourth-order valence-electron chi connectivity index (χ4n) is 1.44. The van der Waals surface area contributed by atoms with Crippen molar-refractivity contribution in [2.24, 2.45) is 0 Å². The van der Waals surface area contributed by atoms with Gasteiger partial charge >= 0.3 is 5.97 Å². The van der Waals surface area contributed by atoms with E-state index in [0.717, 1.165) is 11.3 Å². The molecule has 0 spiro atoms. The maximum Gasteiger partial charge on any atom is 0.315 e. The predicted molar refractivity (Wildman–Crippen MR) is 78.4 cm³/mol. The molecule has 0 aliphatic carbocycles. The summed E-state index contributed by atoms with van der Waals surface area (Å²) in [6.07, 6.45) is 0. The van der Waals surface area contributed by atoms with Gasteiger partial charge in [0.2, 0.25) is 5.91 Å². The van der Waals surface area contributed by atoms with E-state index in [0.29, 0.717) is 6.61 Å². The third-order valence-corrected chi connectivity index (χ3v) is 3.53. The van der Waals surface area contributed by atoms with E-state index in [2.05, 4.69) is 5.32 Å². The highest BCUT2D eigenvalue weighted by atomic mass is 32.2. The molecule has 0 heterocycles. The number of anilines is 1. The first kappa shape index (κ1) is 15.6. The lowest BCUT2D eigenvalue weighted by Gasteiger charge is -2.12. The van der Waals surface area contributed by atoms with Gasteiger partial charge in [0.25, 0.3) is 0 Å². The fraction of sp³-hybridized carbons (Fsp3) is 0.429. The first-order valence-electron chi connectivity index (χ1n) is 6.17. The molecule has 0 aliphatic rings. The predicted octanol–water partition coefficient (Wildman–Crippen LogP) is 2.62. The Balaban J connectivity index is 2.42. The molecule has 0 aromatic heterocycles. The Morgan fingerprint density at radius 2 is 2.16 bits per heavy atom. The number of hydrogen-bond donors (Lipinski definition) is 1. The van der Waals surface area contributed by atoms with Gasteiger partial charge in [-0.15, -0.1) is 11.8 Å². The van der Waals surface area contributed by atoms with Crippen molar-refractivity contribution in [3.63, 3.8) is 0 Å². The van der Waals surface area contributed by atoms with Gasteiger partial charge in [0.15, 0.2) is 0 Å². The molecule has 1 aromatic carbocycles. The van der Waals surface area contributed by atoms with E-state index in [1.807, 2.05) is 31.2 Å². The highest BCUT2D eigenvalue weighted by Gasteiger charge is 2.15. The SMILES string of the molecule is CCOC(=O)CS[C@H](C)C(=O)Nc1cccc(C)c1. The topological polar surface area (TPSA) is 55.4 Å². The average Bonchev–Trinajstić information content (AvgIpc) is 2.36. The van der Waals surface area contributed by atoms with E-state index in [4.69, 9.17) is 4.74 Å². The molecule has 1 amide bonds. The zero-order valence-corrected chi connectivity index (χ0v) is 12.3. The van der Waals surface area contributed by atoms with Crippen LogP contribution in [0.1, 0.15) is 19.4 Å². The van der Waals surface area contributed by atoms with Crippen LogP contribution >= 0.6 is 11.8 Å². The molecule has 5 heteroatoms. The van der Waals surface area contributed by atoms with Crippen LogP contribution in [0.4, 0.5) is 5.69 Å². The summed E-state index contributed by atoms with van der Waals surface area (Å²) in [6, 6.07) is 7.60. The van der Waals surface area contributed by atoms with Crippen molar-refractivity contribution in [2.75, 3.05) is 17.7 Å². The number of aryl methyl sites for hydroxylation is 1. The van der Waals surface area contributed by atoms with Crippen molar-refractivity contribution in [1.29, 1.82) is 0 Å². The summed E-state index contributed by atoms with van der Waals surface area (Å²) < 4.78 is 4.81. The number of carbonyl (C=O) groups is 2. The molecule has 0 bridgehead atoms. The highest BCUT2D eigenvalue weighted by Crippen LogP contribution is 2.15. The van der Waals surface area contributed by atoms with Crippen LogP contribution in [0.25, 0.3) is 0 Å². The van der Waals surface area contributed by atoms with Gasteiger partial charge in [-0.25, -0.2) is 0 Å². The zero-order chi connectivity index (χ0) is 14.3. The summed E-state index contributed by atoms with van der Waals surface area (Å²) in [5, 5.41) is 2.53. The Bertz CT molecular complexity index is 448. The van der Waals surface area contributed by atoms with Crippen molar-refractivity contribution < 1.29 is 14.3 Å². The van der Waals surface area contributed by atoms with E-state index in [1.165, 1.54) is 11.8 Å². The molecule has 104 valence electrons. The Hall–Kier alpha value is -1.49. The van der Waals surface area contributed by atoms with Gasteiger partial charge in [0.05, 0.1) is 17.6 Å². The van der Waals surface area contributed by atoms with Gasteiger partial charge in [-0.2, -0.15) is 0 Å². The minimum absolute atomic E-state index is 0.111. The molecule has 0 saturated heterocycles. The van der Waals surface area contributed by atoms with Gasteiger partial charge in [-0.1, -0.05) is 12.1 Å². The first-order valence-corrected chi connectivity index (χ1v) is 7.22. The molecule has 1 aromatic rings. The molecular weight excluding hydrogens is 262 g/mol. The van der Waals surface area contributed by atoms with Crippen molar-refractivity contribution in [2.45, 2.75) is 26.0 Å². The number of esters is 1. The van der Waals surface area contributed by atoms with E-state index >= 15 is 0 Å². The van der Waals surface area contributed by atoms with E-state index < -0.39 is 0 Å². The van der Waals surface area contributed by atoms with E-state index in [9.17, 15) is 9.59 Å². The standard InChI is InChI=1S/C14H19NO3S/c1-4-18-13(16)9-19-11(3)14(17)15-12-7-5-6-10(2)8-12/h5-8,11H,4,9H2,1-3H3,(H,15,17)/t11-/m1/s1. The van der Waals surface area contributed by atoms with Gasteiger partial charge in [-0.3, -0.25) is 9.59 Å². The molecule has 0 saturated carbocycles.